The third-order valence-electron chi connectivity index (χ3n) is 5.10. The lowest BCUT2D eigenvalue weighted by atomic mass is 9.96. The second-order valence-corrected chi connectivity index (χ2v) is 8.66. The average molecular weight is 440 g/mol. The first kappa shape index (κ1) is 20.6. The molecule has 4 rings (SSSR count). The van der Waals surface area contributed by atoms with Crippen molar-refractivity contribution in [1.29, 1.82) is 0 Å². The van der Waals surface area contributed by atoms with Crippen LogP contribution in [-0.4, -0.2) is 28.5 Å². The van der Waals surface area contributed by atoms with Gasteiger partial charge in [0.05, 0.1) is 7.11 Å². The molecule has 0 unspecified atom stereocenters. The van der Waals surface area contributed by atoms with Gasteiger partial charge in [0.25, 0.3) is 0 Å². The number of methoxy groups -OCH3 is 1. The third-order valence-corrected chi connectivity index (χ3v) is 6.20. The second-order valence-electron chi connectivity index (χ2n) is 7.28. The van der Waals surface area contributed by atoms with E-state index in [-0.39, 0.29) is 0 Å². The van der Waals surface area contributed by atoms with Gasteiger partial charge in [-0.15, -0.1) is 10.2 Å². The van der Waals surface area contributed by atoms with Gasteiger partial charge in [-0.3, -0.25) is 0 Å². The summed E-state index contributed by atoms with van der Waals surface area (Å²) in [4.78, 5) is 0. The monoisotopic (exact) mass is 439 g/mol. The minimum atomic E-state index is 0.530. The zero-order valence-corrected chi connectivity index (χ0v) is 18.5. The van der Waals surface area contributed by atoms with E-state index in [2.05, 4.69) is 26.1 Å². The second kappa shape index (κ2) is 9.86. The van der Waals surface area contributed by atoms with Crippen LogP contribution in [0.3, 0.4) is 0 Å². The van der Waals surface area contributed by atoms with Gasteiger partial charge in [0.15, 0.2) is 5.11 Å². The predicted molar refractivity (Wildman–Crippen MR) is 129 cm³/mol. The first-order valence-electron chi connectivity index (χ1n) is 10.1. The van der Waals surface area contributed by atoms with Crippen molar-refractivity contribution >= 4 is 45.2 Å². The minimum absolute atomic E-state index is 0.530. The molecular weight excluding hydrogens is 414 g/mol. The van der Waals surface area contributed by atoms with Gasteiger partial charge in [-0.2, -0.15) is 0 Å². The van der Waals surface area contributed by atoms with Crippen LogP contribution in [0.5, 0.6) is 5.75 Å². The van der Waals surface area contributed by atoms with Crippen molar-refractivity contribution in [3.63, 3.8) is 0 Å². The van der Waals surface area contributed by atoms with E-state index in [0.29, 0.717) is 11.2 Å². The summed E-state index contributed by atoms with van der Waals surface area (Å²) in [6.07, 6.45) is 6.39. The number of hydrogen-bond acceptors (Lipinski definition) is 6. The third kappa shape index (κ3) is 5.46. The molecule has 30 heavy (non-hydrogen) atoms. The zero-order chi connectivity index (χ0) is 20.8. The van der Waals surface area contributed by atoms with Crippen molar-refractivity contribution in [2.45, 2.75) is 38.1 Å². The summed E-state index contributed by atoms with van der Waals surface area (Å²) in [6.45, 7) is 0. The van der Waals surface area contributed by atoms with E-state index >= 15 is 0 Å². The average Bonchev–Trinajstić information content (AvgIpc) is 3.24. The fourth-order valence-electron chi connectivity index (χ4n) is 3.48. The van der Waals surface area contributed by atoms with E-state index in [9.17, 15) is 0 Å². The van der Waals surface area contributed by atoms with E-state index < -0.39 is 0 Å². The van der Waals surface area contributed by atoms with Gasteiger partial charge in [-0.05, 0) is 73.6 Å². The van der Waals surface area contributed by atoms with E-state index in [1.807, 2.05) is 48.5 Å². The van der Waals surface area contributed by atoms with Crippen LogP contribution in [0.2, 0.25) is 0 Å². The SMILES string of the molecule is COc1ccc(NC(=S)Nc2ccc(-c3nnc(NC4CCCCC4)s3)cc2)cc1. The van der Waals surface area contributed by atoms with Crippen LogP contribution in [0.4, 0.5) is 16.5 Å². The smallest absolute Gasteiger partial charge is 0.206 e. The van der Waals surface area contributed by atoms with Crippen LogP contribution >= 0.6 is 23.6 Å². The molecule has 1 heterocycles. The Balaban J connectivity index is 1.32. The zero-order valence-electron chi connectivity index (χ0n) is 16.9. The van der Waals surface area contributed by atoms with Gasteiger partial charge >= 0.3 is 0 Å². The van der Waals surface area contributed by atoms with E-state index in [0.717, 1.165) is 32.8 Å². The molecular formula is C22H25N5OS2. The Morgan fingerprint density at radius 2 is 1.57 bits per heavy atom. The van der Waals surface area contributed by atoms with Crippen molar-refractivity contribution in [3.05, 3.63) is 48.5 Å². The molecule has 1 aliphatic carbocycles. The number of thiocarbonyl (C=S) groups is 1. The standard InChI is InChI=1S/C22H25N5OS2/c1-28-19-13-11-18(12-14-19)24-21(29)23-17-9-7-15(8-10-17)20-26-27-22(30-20)25-16-5-3-2-4-6-16/h7-14,16H,2-6H2,1H3,(H,25,27)(H2,23,24,29). The summed E-state index contributed by atoms with van der Waals surface area (Å²) in [6, 6.07) is 16.2. The highest BCUT2D eigenvalue weighted by molar-refractivity contribution is 7.80. The number of aromatic nitrogens is 2. The minimum Gasteiger partial charge on any atom is -0.497 e. The van der Waals surface area contributed by atoms with Crippen LogP contribution in [-0.2, 0) is 0 Å². The van der Waals surface area contributed by atoms with Gasteiger partial charge in [-0.1, -0.05) is 30.6 Å². The van der Waals surface area contributed by atoms with Gasteiger partial charge in [0.2, 0.25) is 5.13 Å². The van der Waals surface area contributed by atoms with Crippen LogP contribution in [0.15, 0.2) is 48.5 Å². The molecule has 0 aliphatic heterocycles. The Bertz CT molecular complexity index is 966. The van der Waals surface area contributed by atoms with Crippen molar-refractivity contribution in [3.8, 4) is 16.3 Å². The number of anilines is 3. The molecule has 3 aromatic rings. The summed E-state index contributed by atoms with van der Waals surface area (Å²) in [5.74, 6) is 0.809. The van der Waals surface area contributed by atoms with Crippen molar-refractivity contribution < 1.29 is 4.74 Å². The molecule has 1 saturated carbocycles. The maximum absolute atomic E-state index is 5.40. The summed E-state index contributed by atoms with van der Waals surface area (Å²) in [7, 11) is 1.65. The molecule has 0 saturated heterocycles. The van der Waals surface area contributed by atoms with Crippen molar-refractivity contribution in [1.82, 2.24) is 10.2 Å². The van der Waals surface area contributed by atoms with Gasteiger partial charge < -0.3 is 20.7 Å². The highest BCUT2D eigenvalue weighted by atomic mass is 32.1. The fraction of sp³-hybridized carbons (Fsp3) is 0.318. The summed E-state index contributed by atoms with van der Waals surface area (Å²) < 4.78 is 5.17. The molecule has 0 radical (unpaired) electrons. The topological polar surface area (TPSA) is 71.1 Å². The molecule has 0 amide bonds. The quantitative estimate of drug-likeness (QED) is 0.421. The Labute approximate surface area is 186 Å². The van der Waals surface area contributed by atoms with E-state index in [1.54, 1.807) is 18.4 Å². The van der Waals surface area contributed by atoms with Gasteiger partial charge in [0, 0.05) is 23.0 Å². The summed E-state index contributed by atoms with van der Waals surface area (Å²) >= 11 is 7.01. The molecule has 0 spiro atoms. The lowest BCUT2D eigenvalue weighted by Crippen LogP contribution is -2.21. The maximum atomic E-state index is 5.40. The highest BCUT2D eigenvalue weighted by Crippen LogP contribution is 2.29. The number of rotatable bonds is 6. The highest BCUT2D eigenvalue weighted by Gasteiger charge is 2.15. The first-order chi connectivity index (χ1) is 14.7. The Kier molecular flexibility index (Phi) is 6.76. The van der Waals surface area contributed by atoms with Crippen LogP contribution in [0.1, 0.15) is 32.1 Å². The number of nitrogens with zero attached hydrogens (tertiary/aromatic N) is 2. The van der Waals surface area contributed by atoms with Crippen LogP contribution < -0.4 is 20.7 Å². The summed E-state index contributed by atoms with van der Waals surface area (Å²) in [5.41, 5.74) is 2.86. The van der Waals surface area contributed by atoms with Crippen molar-refractivity contribution in [2.24, 2.45) is 0 Å². The van der Waals surface area contributed by atoms with Crippen LogP contribution in [0.25, 0.3) is 10.6 Å². The number of benzene rings is 2. The van der Waals surface area contributed by atoms with E-state index in [1.165, 1.54) is 32.1 Å². The lowest BCUT2D eigenvalue weighted by Gasteiger charge is -2.21. The van der Waals surface area contributed by atoms with Gasteiger partial charge in [-0.25, -0.2) is 0 Å². The molecule has 0 bridgehead atoms. The molecule has 1 aromatic heterocycles. The Hall–Kier alpha value is -2.71. The van der Waals surface area contributed by atoms with E-state index in [4.69, 9.17) is 17.0 Å². The number of hydrogen-bond donors (Lipinski definition) is 3. The Morgan fingerprint density at radius 1 is 0.933 bits per heavy atom. The molecule has 2 aromatic carbocycles. The largest absolute Gasteiger partial charge is 0.497 e. The predicted octanol–water partition coefficient (Wildman–Crippen LogP) is 5.77. The number of nitrogens with one attached hydrogen (secondary N) is 3. The molecule has 1 aliphatic rings. The molecule has 1 fully saturated rings. The van der Waals surface area contributed by atoms with Gasteiger partial charge in [0.1, 0.15) is 10.8 Å². The lowest BCUT2D eigenvalue weighted by molar-refractivity contribution is 0.415. The van der Waals surface area contributed by atoms with Crippen LogP contribution in [0, 0.1) is 0 Å². The molecule has 3 N–H and O–H groups in total. The normalized spacial score (nSPS) is 14.2. The molecule has 0 atom stereocenters. The summed E-state index contributed by atoms with van der Waals surface area (Å²) in [5, 5.41) is 20.9. The maximum Gasteiger partial charge on any atom is 0.206 e. The first-order valence-corrected chi connectivity index (χ1v) is 11.3. The fourth-order valence-corrected chi connectivity index (χ4v) is 4.55. The molecule has 6 nitrogen and oxygen atoms in total. The molecule has 156 valence electrons. The Morgan fingerprint density at radius 3 is 2.20 bits per heavy atom. The van der Waals surface area contributed by atoms with Crippen molar-refractivity contribution in [2.75, 3.05) is 23.1 Å². The molecule has 8 heteroatoms. The number of ether oxygens (including phenoxy) is 1.